The van der Waals surface area contributed by atoms with Crippen molar-refractivity contribution in [2.75, 3.05) is 6.61 Å². The zero-order chi connectivity index (χ0) is 43.7. The molecule has 1 amide bonds. The van der Waals surface area contributed by atoms with Gasteiger partial charge in [-0.05, 0) is 38.5 Å². The number of hydrogen-bond donors (Lipinski definition) is 9. The number of phosphoric ester groups is 1. The van der Waals surface area contributed by atoms with Gasteiger partial charge in [-0.1, -0.05) is 172 Å². The molecule has 0 bridgehead atoms. The van der Waals surface area contributed by atoms with Crippen molar-refractivity contribution in [3.05, 3.63) is 36.5 Å². The lowest BCUT2D eigenvalue weighted by Gasteiger charge is -2.41. The zero-order valence-electron chi connectivity index (χ0n) is 36.4. The summed E-state index contributed by atoms with van der Waals surface area (Å²) in [5.41, 5.74) is 0. The predicted molar refractivity (Wildman–Crippen MR) is 233 cm³/mol. The Hall–Kier alpha value is -1.48. The molecule has 14 heteroatoms. The van der Waals surface area contributed by atoms with Gasteiger partial charge in [0, 0.05) is 0 Å². The number of allylic oxidation sites excluding steroid dienone is 5. The van der Waals surface area contributed by atoms with E-state index in [1.54, 1.807) is 6.08 Å². The fraction of sp³-hybridized carbons (Fsp3) is 0.844. The molecule has 0 aromatic heterocycles. The summed E-state index contributed by atoms with van der Waals surface area (Å²) in [6.07, 6.45) is 25.3. The standard InChI is InChI=1S/C45H84NO12P/c1-3-5-7-9-11-13-15-17-18-19-20-21-22-24-26-28-30-32-36(47)34-39(49)46-37(38(48)33-31-29-27-25-23-16-14-12-10-8-6-4-2)35-57-59(55,56)58-45-43(53)41(51)40(50)42(52)44(45)54/h10,12,23,25,31,33,36-38,40-45,47-48,50-54H,3-9,11,13-22,24,26-30,32,34-35H2,1-2H3,(H,46,49)(H,55,56)/b12-10+,25-23+,33-31+. The average Bonchev–Trinajstić information content (AvgIpc) is 3.21. The van der Waals surface area contributed by atoms with Gasteiger partial charge in [-0.25, -0.2) is 4.57 Å². The molecule has 0 aliphatic heterocycles. The quantitative estimate of drug-likeness (QED) is 0.0170. The number of rotatable bonds is 37. The van der Waals surface area contributed by atoms with Crippen LogP contribution < -0.4 is 5.32 Å². The molecule has 0 aromatic carbocycles. The van der Waals surface area contributed by atoms with Crippen LogP contribution >= 0.6 is 7.82 Å². The molecule has 0 saturated heterocycles. The number of unbranched alkanes of at least 4 members (excludes halogenated alkanes) is 20. The molecule has 8 unspecified atom stereocenters. The number of aliphatic hydroxyl groups is 7. The highest BCUT2D eigenvalue weighted by Crippen LogP contribution is 2.47. The van der Waals surface area contributed by atoms with E-state index < -0.39 is 75.2 Å². The Morgan fingerprint density at radius 2 is 1.00 bits per heavy atom. The van der Waals surface area contributed by atoms with Crippen LogP contribution in [0.15, 0.2) is 36.5 Å². The van der Waals surface area contributed by atoms with Gasteiger partial charge in [0.05, 0.1) is 31.3 Å². The van der Waals surface area contributed by atoms with E-state index in [1.165, 1.54) is 102 Å². The molecule has 1 fully saturated rings. The van der Waals surface area contributed by atoms with Crippen LogP contribution in [0.5, 0.6) is 0 Å². The van der Waals surface area contributed by atoms with Crippen LogP contribution in [0.1, 0.15) is 181 Å². The number of aliphatic hydroxyl groups excluding tert-OH is 7. The maximum atomic E-state index is 13.0. The predicted octanol–water partition coefficient (Wildman–Crippen LogP) is 7.36. The van der Waals surface area contributed by atoms with Gasteiger partial charge in [0.25, 0.3) is 0 Å². The molecule has 346 valence electrons. The van der Waals surface area contributed by atoms with Crippen molar-refractivity contribution in [1.82, 2.24) is 5.32 Å². The van der Waals surface area contributed by atoms with Crippen molar-refractivity contribution in [3.63, 3.8) is 0 Å². The molecule has 1 aliphatic rings. The minimum atomic E-state index is -5.15. The Morgan fingerprint density at radius 3 is 1.47 bits per heavy atom. The molecular weight excluding hydrogens is 777 g/mol. The molecule has 0 heterocycles. The van der Waals surface area contributed by atoms with Crippen LogP contribution in [0.2, 0.25) is 0 Å². The molecule has 1 rings (SSSR count). The van der Waals surface area contributed by atoms with Crippen LogP contribution in [0.25, 0.3) is 0 Å². The second-order valence-corrected chi connectivity index (χ2v) is 17.8. The third kappa shape index (κ3) is 27.2. The summed E-state index contributed by atoms with van der Waals surface area (Å²) in [6, 6.07) is -1.26. The highest BCUT2D eigenvalue weighted by Gasteiger charge is 2.51. The number of amides is 1. The van der Waals surface area contributed by atoms with Gasteiger partial charge in [0.2, 0.25) is 5.91 Å². The van der Waals surface area contributed by atoms with Crippen LogP contribution in [0, 0.1) is 0 Å². The van der Waals surface area contributed by atoms with Crippen molar-refractivity contribution in [2.45, 2.75) is 236 Å². The van der Waals surface area contributed by atoms with Gasteiger partial charge < -0.3 is 46.0 Å². The van der Waals surface area contributed by atoms with E-state index in [1.807, 2.05) is 6.08 Å². The van der Waals surface area contributed by atoms with E-state index in [0.717, 1.165) is 44.9 Å². The second-order valence-electron chi connectivity index (χ2n) is 16.4. The van der Waals surface area contributed by atoms with E-state index in [9.17, 15) is 50.0 Å². The smallest absolute Gasteiger partial charge is 0.393 e. The molecular formula is C45H84NO12P. The molecule has 0 radical (unpaired) electrons. The molecule has 59 heavy (non-hydrogen) atoms. The number of hydrogen-bond acceptors (Lipinski definition) is 11. The van der Waals surface area contributed by atoms with E-state index >= 15 is 0 Å². The van der Waals surface area contributed by atoms with Gasteiger partial charge in [0.1, 0.15) is 36.6 Å². The Morgan fingerprint density at radius 1 is 0.593 bits per heavy atom. The van der Waals surface area contributed by atoms with Crippen molar-refractivity contribution in [1.29, 1.82) is 0 Å². The normalized spacial score (nSPS) is 23.9. The van der Waals surface area contributed by atoms with Crippen LogP contribution in [0.3, 0.4) is 0 Å². The summed E-state index contributed by atoms with van der Waals surface area (Å²) in [6.45, 7) is 3.67. The maximum absolute atomic E-state index is 13.0. The maximum Gasteiger partial charge on any atom is 0.472 e. The third-order valence-corrected chi connectivity index (χ3v) is 11.9. The largest absolute Gasteiger partial charge is 0.472 e. The first kappa shape index (κ1) is 55.5. The van der Waals surface area contributed by atoms with Gasteiger partial charge >= 0.3 is 7.82 Å². The number of nitrogens with one attached hydrogen (secondary N) is 1. The average molecular weight is 862 g/mol. The number of carbonyl (C=O) groups excluding carboxylic acids is 1. The molecule has 0 aromatic rings. The van der Waals surface area contributed by atoms with Crippen molar-refractivity contribution in [2.24, 2.45) is 0 Å². The summed E-state index contributed by atoms with van der Waals surface area (Å²) in [5, 5.41) is 74.3. The van der Waals surface area contributed by atoms with Crippen LogP contribution in [0.4, 0.5) is 0 Å². The summed E-state index contributed by atoms with van der Waals surface area (Å²) in [7, 11) is -5.15. The lowest BCUT2D eigenvalue weighted by molar-refractivity contribution is -0.220. The number of phosphoric acid groups is 1. The molecule has 1 saturated carbocycles. The van der Waals surface area contributed by atoms with E-state index in [-0.39, 0.29) is 6.42 Å². The van der Waals surface area contributed by atoms with Crippen molar-refractivity contribution in [3.8, 4) is 0 Å². The molecule has 8 atom stereocenters. The fourth-order valence-electron chi connectivity index (χ4n) is 7.14. The fourth-order valence-corrected chi connectivity index (χ4v) is 8.11. The Kier molecular flexibility index (Phi) is 33.0. The van der Waals surface area contributed by atoms with Gasteiger partial charge in [-0.15, -0.1) is 0 Å². The monoisotopic (exact) mass is 862 g/mol. The minimum Gasteiger partial charge on any atom is -0.393 e. The zero-order valence-corrected chi connectivity index (χ0v) is 37.3. The van der Waals surface area contributed by atoms with Crippen LogP contribution in [-0.2, 0) is 18.4 Å². The summed E-state index contributed by atoms with van der Waals surface area (Å²) in [5.74, 6) is -0.607. The van der Waals surface area contributed by atoms with Crippen molar-refractivity contribution < 1.29 is 59.0 Å². The number of carbonyl (C=O) groups is 1. The highest BCUT2D eigenvalue weighted by atomic mass is 31.2. The van der Waals surface area contributed by atoms with Crippen molar-refractivity contribution >= 4 is 13.7 Å². The topological polar surface area (TPSA) is 226 Å². The van der Waals surface area contributed by atoms with Crippen LogP contribution in [-0.4, -0.2) is 108 Å². The lowest BCUT2D eigenvalue weighted by Crippen LogP contribution is -2.64. The lowest BCUT2D eigenvalue weighted by atomic mass is 9.85. The first-order valence-corrected chi connectivity index (χ1v) is 24.5. The summed E-state index contributed by atoms with van der Waals surface area (Å²) < 4.78 is 22.8. The highest BCUT2D eigenvalue weighted by molar-refractivity contribution is 7.47. The first-order chi connectivity index (χ1) is 28.3. The molecule has 1 aliphatic carbocycles. The first-order valence-electron chi connectivity index (χ1n) is 23.0. The summed E-state index contributed by atoms with van der Waals surface area (Å²) in [4.78, 5) is 23.4. The van der Waals surface area contributed by atoms with E-state index in [0.29, 0.717) is 19.3 Å². The second kappa shape index (κ2) is 35.0. The Bertz CT molecular complexity index is 1160. The Labute approximate surface area is 356 Å². The van der Waals surface area contributed by atoms with Gasteiger partial charge in [0.15, 0.2) is 0 Å². The molecule has 9 N–H and O–H groups in total. The Balaban J connectivity index is 2.54. The minimum absolute atomic E-state index is 0.254. The molecule has 0 spiro atoms. The van der Waals surface area contributed by atoms with Gasteiger partial charge in [-0.2, -0.15) is 0 Å². The van der Waals surface area contributed by atoms with Gasteiger partial charge in [-0.3, -0.25) is 13.8 Å². The van der Waals surface area contributed by atoms with E-state index in [4.69, 9.17) is 9.05 Å². The SMILES string of the molecule is CCCC/C=C/CC/C=C/CC/C=C/C(O)C(COP(=O)(O)OC1C(O)C(O)C(O)C(O)C1O)NC(=O)CC(O)CCCCCCCCCCCCCCCCCCC. The van der Waals surface area contributed by atoms with E-state index in [2.05, 4.69) is 37.4 Å². The third-order valence-electron chi connectivity index (χ3n) is 11.0. The summed E-state index contributed by atoms with van der Waals surface area (Å²) >= 11 is 0. The molecule has 13 nitrogen and oxygen atoms in total.